The van der Waals surface area contributed by atoms with Gasteiger partial charge in [0.2, 0.25) is 10.0 Å². The summed E-state index contributed by atoms with van der Waals surface area (Å²) >= 11 is 0. The first kappa shape index (κ1) is 17.5. The standard InChI is InChI=1S/C14H22N2O4S/c1-10(2)13(14(17)18)9-15-11-5-7-12(8-6-11)21(19,20)16(3)4/h5-8,10,13,15H,9H2,1-4H3,(H,17,18). The minimum Gasteiger partial charge on any atom is -0.481 e. The van der Waals surface area contributed by atoms with Gasteiger partial charge in [0.05, 0.1) is 10.8 Å². The number of carboxylic acids is 1. The van der Waals surface area contributed by atoms with E-state index in [4.69, 9.17) is 5.11 Å². The number of carboxylic acid groups (broad SMARTS) is 1. The van der Waals surface area contributed by atoms with E-state index in [1.54, 1.807) is 12.1 Å². The van der Waals surface area contributed by atoms with Crippen molar-refractivity contribution in [1.29, 1.82) is 0 Å². The SMILES string of the molecule is CC(C)C(CNc1ccc(S(=O)(=O)N(C)C)cc1)C(=O)O. The largest absolute Gasteiger partial charge is 0.481 e. The Morgan fingerprint density at radius 2 is 1.76 bits per heavy atom. The zero-order chi connectivity index (χ0) is 16.2. The molecule has 0 aliphatic rings. The number of sulfonamides is 1. The summed E-state index contributed by atoms with van der Waals surface area (Å²) in [7, 11) is -0.493. The van der Waals surface area contributed by atoms with E-state index in [1.807, 2.05) is 13.8 Å². The third kappa shape index (κ3) is 4.44. The molecule has 0 aromatic heterocycles. The number of aliphatic carboxylic acids is 1. The Morgan fingerprint density at radius 1 is 1.24 bits per heavy atom. The molecule has 118 valence electrons. The number of nitrogens with one attached hydrogen (secondary N) is 1. The topological polar surface area (TPSA) is 86.7 Å². The number of carbonyl (C=O) groups is 1. The molecule has 7 heteroatoms. The zero-order valence-corrected chi connectivity index (χ0v) is 13.5. The van der Waals surface area contributed by atoms with Gasteiger partial charge in [-0.2, -0.15) is 0 Å². The van der Waals surface area contributed by atoms with Gasteiger partial charge >= 0.3 is 5.97 Å². The minimum atomic E-state index is -3.44. The van der Waals surface area contributed by atoms with Crippen molar-refractivity contribution >= 4 is 21.7 Å². The number of nitrogens with zero attached hydrogens (tertiary/aromatic N) is 1. The van der Waals surface area contributed by atoms with Crippen molar-refractivity contribution < 1.29 is 18.3 Å². The lowest BCUT2D eigenvalue weighted by Gasteiger charge is -2.18. The van der Waals surface area contributed by atoms with Crippen LogP contribution in [0.25, 0.3) is 0 Å². The average molecular weight is 314 g/mol. The van der Waals surface area contributed by atoms with Crippen LogP contribution < -0.4 is 5.32 Å². The molecular formula is C14H22N2O4S. The van der Waals surface area contributed by atoms with Crippen LogP contribution in [0.3, 0.4) is 0 Å². The summed E-state index contributed by atoms with van der Waals surface area (Å²) in [5.74, 6) is -1.32. The maximum absolute atomic E-state index is 11.9. The Balaban J connectivity index is 2.78. The van der Waals surface area contributed by atoms with Gasteiger partial charge < -0.3 is 10.4 Å². The molecule has 0 radical (unpaired) electrons. The molecule has 1 rings (SSSR count). The van der Waals surface area contributed by atoms with E-state index in [0.717, 1.165) is 4.31 Å². The second-order valence-electron chi connectivity index (χ2n) is 5.38. The third-order valence-corrected chi connectivity index (χ3v) is 5.11. The quantitative estimate of drug-likeness (QED) is 0.800. The second-order valence-corrected chi connectivity index (χ2v) is 7.53. The van der Waals surface area contributed by atoms with Gasteiger partial charge in [0.25, 0.3) is 0 Å². The minimum absolute atomic E-state index is 0.0170. The van der Waals surface area contributed by atoms with Gasteiger partial charge in [0.15, 0.2) is 0 Å². The van der Waals surface area contributed by atoms with Crippen LogP contribution in [0.15, 0.2) is 29.2 Å². The highest BCUT2D eigenvalue weighted by atomic mass is 32.2. The zero-order valence-electron chi connectivity index (χ0n) is 12.7. The number of hydrogen-bond donors (Lipinski definition) is 2. The van der Waals surface area contributed by atoms with Gasteiger partial charge in [0, 0.05) is 26.3 Å². The van der Waals surface area contributed by atoms with Crippen molar-refractivity contribution in [3.05, 3.63) is 24.3 Å². The van der Waals surface area contributed by atoms with Crippen molar-refractivity contribution in [1.82, 2.24) is 4.31 Å². The molecule has 0 spiro atoms. The number of hydrogen-bond acceptors (Lipinski definition) is 4. The van der Waals surface area contributed by atoms with Crippen LogP contribution in [0.1, 0.15) is 13.8 Å². The summed E-state index contributed by atoms with van der Waals surface area (Å²) in [6.45, 7) is 4.01. The lowest BCUT2D eigenvalue weighted by molar-refractivity contribution is -0.142. The predicted molar refractivity (Wildman–Crippen MR) is 81.8 cm³/mol. The van der Waals surface area contributed by atoms with Crippen molar-refractivity contribution in [3.63, 3.8) is 0 Å². The number of benzene rings is 1. The van der Waals surface area contributed by atoms with Crippen LogP contribution in [0.5, 0.6) is 0 Å². The summed E-state index contributed by atoms with van der Waals surface area (Å²) in [6, 6.07) is 6.27. The van der Waals surface area contributed by atoms with Crippen LogP contribution in [-0.4, -0.2) is 44.4 Å². The number of rotatable bonds is 7. The van der Waals surface area contributed by atoms with E-state index in [1.165, 1.54) is 26.2 Å². The van der Waals surface area contributed by atoms with Gasteiger partial charge in [-0.25, -0.2) is 12.7 Å². The highest BCUT2D eigenvalue weighted by molar-refractivity contribution is 7.89. The molecule has 6 nitrogen and oxygen atoms in total. The molecule has 0 saturated carbocycles. The summed E-state index contributed by atoms with van der Waals surface area (Å²) in [5, 5.41) is 12.1. The average Bonchev–Trinajstić information content (AvgIpc) is 2.38. The molecule has 0 aliphatic heterocycles. The Bertz CT molecular complexity index is 579. The number of anilines is 1. The fraction of sp³-hybridized carbons (Fsp3) is 0.500. The molecule has 0 fully saturated rings. The lowest BCUT2D eigenvalue weighted by Crippen LogP contribution is -2.27. The Hall–Kier alpha value is -1.60. The van der Waals surface area contributed by atoms with Crippen molar-refractivity contribution in [2.75, 3.05) is 26.0 Å². The van der Waals surface area contributed by atoms with E-state index in [-0.39, 0.29) is 10.8 Å². The monoisotopic (exact) mass is 314 g/mol. The van der Waals surface area contributed by atoms with Gasteiger partial charge in [-0.05, 0) is 30.2 Å². The predicted octanol–water partition coefficient (Wildman–Crippen LogP) is 1.71. The summed E-state index contributed by atoms with van der Waals surface area (Å²) in [6.07, 6.45) is 0. The molecule has 0 saturated heterocycles. The molecule has 1 unspecified atom stereocenters. The van der Waals surface area contributed by atoms with Gasteiger partial charge in [-0.15, -0.1) is 0 Å². The fourth-order valence-electron chi connectivity index (χ4n) is 1.79. The summed E-state index contributed by atoms with van der Waals surface area (Å²) < 4.78 is 25.0. The Labute approximate surface area is 125 Å². The van der Waals surface area contributed by atoms with Crippen molar-refractivity contribution in [2.45, 2.75) is 18.7 Å². The first-order valence-electron chi connectivity index (χ1n) is 6.65. The molecule has 1 aromatic carbocycles. The lowest BCUT2D eigenvalue weighted by atomic mass is 9.96. The molecule has 21 heavy (non-hydrogen) atoms. The summed E-state index contributed by atoms with van der Waals surface area (Å²) in [4.78, 5) is 11.3. The van der Waals surface area contributed by atoms with Crippen LogP contribution in [0.4, 0.5) is 5.69 Å². The van der Waals surface area contributed by atoms with Crippen molar-refractivity contribution in [3.8, 4) is 0 Å². The maximum atomic E-state index is 11.9. The first-order chi connectivity index (χ1) is 9.66. The van der Waals surface area contributed by atoms with Crippen LogP contribution in [0, 0.1) is 11.8 Å². The molecule has 0 aliphatic carbocycles. The first-order valence-corrected chi connectivity index (χ1v) is 8.09. The van der Waals surface area contributed by atoms with E-state index in [0.29, 0.717) is 12.2 Å². The van der Waals surface area contributed by atoms with E-state index >= 15 is 0 Å². The second kappa shape index (κ2) is 6.91. The van der Waals surface area contributed by atoms with Crippen LogP contribution in [0.2, 0.25) is 0 Å². The molecule has 0 heterocycles. The normalized spacial score (nSPS) is 13.4. The van der Waals surface area contributed by atoms with Gasteiger partial charge in [-0.1, -0.05) is 13.8 Å². The summed E-state index contributed by atoms with van der Waals surface area (Å²) in [5.41, 5.74) is 0.694. The van der Waals surface area contributed by atoms with E-state index < -0.39 is 21.9 Å². The maximum Gasteiger partial charge on any atom is 0.308 e. The van der Waals surface area contributed by atoms with Crippen LogP contribution >= 0.6 is 0 Å². The molecule has 0 amide bonds. The van der Waals surface area contributed by atoms with Gasteiger partial charge in [-0.3, -0.25) is 4.79 Å². The smallest absolute Gasteiger partial charge is 0.308 e. The molecular weight excluding hydrogens is 292 g/mol. The Morgan fingerprint density at radius 3 is 2.14 bits per heavy atom. The Kier molecular flexibility index (Phi) is 5.74. The fourth-order valence-corrected chi connectivity index (χ4v) is 2.69. The molecule has 1 aromatic rings. The van der Waals surface area contributed by atoms with E-state index in [9.17, 15) is 13.2 Å². The van der Waals surface area contributed by atoms with Gasteiger partial charge in [0.1, 0.15) is 0 Å². The van der Waals surface area contributed by atoms with Crippen molar-refractivity contribution in [2.24, 2.45) is 11.8 Å². The molecule has 2 N–H and O–H groups in total. The molecule has 1 atom stereocenters. The highest BCUT2D eigenvalue weighted by Gasteiger charge is 2.21. The third-order valence-electron chi connectivity index (χ3n) is 3.28. The van der Waals surface area contributed by atoms with Crippen LogP contribution in [-0.2, 0) is 14.8 Å². The van der Waals surface area contributed by atoms with E-state index in [2.05, 4.69) is 5.32 Å². The molecule has 0 bridgehead atoms. The highest BCUT2D eigenvalue weighted by Crippen LogP contribution is 2.18.